The van der Waals surface area contributed by atoms with Crippen LogP contribution in [0.4, 0.5) is 10.5 Å². The molecule has 1 aromatic rings. The summed E-state index contributed by atoms with van der Waals surface area (Å²) in [6, 6.07) is 4.49. The van der Waals surface area contributed by atoms with Crippen LogP contribution in [-0.2, 0) is 9.53 Å². The molecule has 1 aliphatic rings. The van der Waals surface area contributed by atoms with Gasteiger partial charge in [-0.3, -0.25) is 10.1 Å². The molecule has 0 radical (unpaired) electrons. The van der Waals surface area contributed by atoms with Gasteiger partial charge >= 0.3 is 12.0 Å². The largest absolute Gasteiger partial charge is 0.452 e. The van der Waals surface area contributed by atoms with Crippen LogP contribution in [0.1, 0.15) is 48.5 Å². The highest BCUT2D eigenvalue weighted by Gasteiger charge is 2.23. The van der Waals surface area contributed by atoms with Crippen LogP contribution in [0.3, 0.4) is 0 Å². The standard InChI is InChI=1S/C18H25N3O4/c1-11-6-3-4-9-14(11)20-18(24)21-15(22)10-25-17(23)13-8-5-7-12(2)16(13)19/h5,7-8,11,14H,3-4,6,9-10,19H2,1-2H3,(H2,20,21,22,24)/t11-,14+/m1/s1. The van der Waals surface area contributed by atoms with Crippen molar-refractivity contribution in [3.8, 4) is 0 Å². The van der Waals surface area contributed by atoms with Crippen LogP contribution in [0.5, 0.6) is 0 Å². The second-order valence-corrected chi connectivity index (χ2v) is 6.50. The molecule has 7 nitrogen and oxygen atoms in total. The van der Waals surface area contributed by atoms with E-state index in [0.29, 0.717) is 11.6 Å². The van der Waals surface area contributed by atoms with Crippen molar-refractivity contribution in [2.75, 3.05) is 12.3 Å². The van der Waals surface area contributed by atoms with Gasteiger partial charge in [0.2, 0.25) is 0 Å². The summed E-state index contributed by atoms with van der Waals surface area (Å²) in [7, 11) is 0. The van der Waals surface area contributed by atoms with E-state index in [1.807, 2.05) is 0 Å². The van der Waals surface area contributed by atoms with Crippen molar-refractivity contribution in [1.82, 2.24) is 10.6 Å². The van der Waals surface area contributed by atoms with Crippen molar-refractivity contribution in [2.45, 2.75) is 45.6 Å². The number of benzene rings is 1. The minimum atomic E-state index is -0.697. The lowest BCUT2D eigenvalue weighted by atomic mass is 9.86. The van der Waals surface area contributed by atoms with E-state index in [1.165, 1.54) is 6.07 Å². The number of esters is 1. The predicted molar refractivity (Wildman–Crippen MR) is 94.0 cm³/mol. The van der Waals surface area contributed by atoms with E-state index in [1.54, 1.807) is 19.1 Å². The number of ether oxygens (including phenoxy) is 1. The maximum Gasteiger partial charge on any atom is 0.340 e. The molecule has 0 aromatic heterocycles. The van der Waals surface area contributed by atoms with E-state index in [-0.39, 0.29) is 11.6 Å². The fourth-order valence-electron chi connectivity index (χ4n) is 2.97. The number of hydrogen-bond donors (Lipinski definition) is 3. The van der Waals surface area contributed by atoms with Crippen molar-refractivity contribution >= 4 is 23.6 Å². The van der Waals surface area contributed by atoms with Crippen LogP contribution in [-0.4, -0.2) is 30.6 Å². The molecule has 1 aliphatic carbocycles. The number of rotatable bonds is 4. The number of nitrogens with one attached hydrogen (secondary N) is 2. The third-order valence-corrected chi connectivity index (χ3v) is 4.56. The number of amides is 3. The lowest BCUT2D eigenvalue weighted by Crippen LogP contribution is -2.48. The molecular formula is C18H25N3O4. The van der Waals surface area contributed by atoms with E-state index in [2.05, 4.69) is 17.6 Å². The Morgan fingerprint density at radius 2 is 1.96 bits per heavy atom. The van der Waals surface area contributed by atoms with Crippen molar-refractivity contribution in [2.24, 2.45) is 5.92 Å². The summed E-state index contributed by atoms with van der Waals surface area (Å²) in [4.78, 5) is 35.6. The molecule has 0 aliphatic heterocycles. The number of nitrogen functional groups attached to an aromatic ring is 1. The van der Waals surface area contributed by atoms with Gasteiger partial charge in [-0.15, -0.1) is 0 Å². The number of para-hydroxylation sites is 1. The Morgan fingerprint density at radius 3 is 2.68 bits per heavy atom. The van der Waals surface area contributed by atoms with Crippen LogP contribution in [0.15, 0.2) is 18.2 Å². The maximum atomic E-state index is 12.0. The molecule has 1 fully saturated rings. The van der Waals surface area contributed by atoms with Crippen molar-refractivity contribution < 1.29 is 19.1 Å². The predicted octanol–water partition coefficient (Wildman–Crippen LogP) is 2.14. The zero-order valence-electron chi connectivity index (χ0n) is 14.6. The number of hydrogen-bond acceptors (Lipinski definition) is 5. The van der Waals surface area contributed by atoms with Gasteiger partial charge < -0.3 is 15.8 Å². The van der Waals surface area contributed by atoms with E-state index in [9.17, 15) is 14.4 Å². The zero-order valence-corrected chi connectivity index (χ0v) is 14.6. The van der Waals surface area contributed by atoms with Gasteiger partial charge in [0, 0.05) is 11.7 Å². The highest BCUT2D eigenvalue weighted by molar-refractivity contribution is 5.99. The molecule has 2 atom stereocenters. The summed E-state index contributed by atoms with van der Waals surface area (Å²) in [5.41, 5.74) is 7.09. The van der Waals surface area contributed by atoms with Gasteiger partial charge in [-0.2, -0.15) is 0 Å². The number of aryl methyl sites for hydroxylation is 1. The first-order chi connectivity index (χ1) is 11.9. The van der Waals surface area contributed by atoms with Crippen LogP contribution in [0.25, 0.3) is 0 Å². The molecule has 0 saturated heterocycles. The summed E-state index contributed by atoms with van der Waals surface area (Å²) in [6.07, 6.45) is 4.20. The molecule has 136 valence electrons. The van der Waals surface area contributed by atoms with Gasteiger partial charge in [0.05, 0.1) is 5.56 Å². The van der Waals surface area contributed by atoms with Crippen LogP contribution in [0.2, 0.25) is 0 Å². The van der Waals surface area contributed by atoms with E-state index in [0.717, 1.165) is 31.2 Å². The highest BCUT2D eigenvalue weighted by atomic mass is 16.5. The molecule has 1 saturated carbocycles. The van der Waals surface area contributed by atoms with Crippen LogP contribution >= 0.6 is 0 Å². The number of imide groups is 1. The molecule has 0 spiro atoms. The highest BCUT2D eigenvalue weighted by Crippen LogP contribution is 2.23. The molecule has 25 heavy (non-hydrogen) atoms. The van der Waals surface area contributed by atoms with E-state index < -0.39 is 24.5 Å². The average Bonchev–Trinajstić information content (AvgIpc) is 2.57. The second kappa shape index (κ2) is 8.50. The summed E-state index contributed by atoms with van der Waals surface area (Å²) < 4.78 is 4.93. The number of carbonyl (C=O) groups is 3. The minimum absolute atomic E-state index is 0.0659. The molecule has 0 heterocycles. The Kier molecular flexibility index (Phi) is 6.38. The zero-order chi connectivity index (χ0) is 18.4. The molecule has 0 bridgehead atoms. The third kappa shape index (κ3) is 5.20. The Hall–Kier alpha value is -2.57. The Morgan fingerprint density at radius 1 is 1.24 bits per heavy atom. The molecule has 2 rings (SSSR count). The number of nitrogens with two attached hydrogens (primary N) is 1. The summed E-state index contributed by atoms with van der Waals surface area (Å²) in [5, 5.41) is 4.99. The van der Waals surface area contributed by atoms with Crippen molar-refractivity contribution in [3.63, 3.8) is 0 Å². The second-order valence-electron chi connectivity index (χ2n) is 6.50. The lowest BCUT2D eigenvalue weighted by molar-refractivity contribution is -0.123. The average molecular weight is 347 g/mol. The van der Waals surface area contributed by atoms with Crippen molar-refractivity contribution in [1.29, 1.82) is 0 Å². The quantitative estimate of drug-likeness (QED) is 0.571. The Labute approximate surface area is 147 Å². The van der Waals surface area contributed by atoms with E-state index >= 15 is 0 Å². The van der Waals surface area contributed by atoms with Gasteiger partial charge in [0.15, 0.2) is 6.61 Å². The fraction of sp³-hybridized carbons (Fsp3) is 0.500. The molecule has 7 heteroatoms. The Balaban J connectivity index is 1.79. The topological polar surface area (TPSA) is 111 Å². The van der Waals surface area contributed by atoms with Crippen LogP contribution in [0, 0.1) is 12.8 Å². The molecule has 0 unspecified atom stereocenters. The lowest BCUT2D eigenvalue weighted by Gasteiger charge is -2.29. The summed E-state index contributed by atoms with van der Waals surface area (Å²) in [6.45, 7) is 3.31. The number of urea groups is 1. The number of anilines is 1. The smallest absolute Gasteiger partial charge is 0.340 e. The maximum absolute atomic E-state index is 12.0. The Bertz CT molecular complexity index is 660. The van der Waals surface area contributed by atoms with Crippen LogP contribution < -0.4 is 16.4 Å². The normalized spacial score (nSPS) is 19.8. The molecule has 3 amide bonds. The monoisotopic (exact) mass is 347 g/mol. The third-order valence-electron chi connectivity index (χ3n) is 4.56. The van der Waals surface area contributed by atoms with Crippen molar-refractivity contribution in [3.05, 3.63) is 29.3 Å². The SMILES string of the molecule is Cc1cccc(C(=O)OCC(=O)NC(=O)N[C@H]2CCCC[C@H]2C)c1N. The minimum Gasteiger partial charge on any atom is -0.452 e. The molecule has 4 N–H and O–H groups in total. The first kappa shape index (κ1) is 18.8. The summed E-state index contributed by atoms with van der Waals surface area (Å²) in [5.74, 6) is -0.991. The number of carbonyl (C=O) groups excluding carboxylic acids is 3. The molecular weight excluding hydrogens is 322 g/mol. The fourth-order valence-corrected chi connectivity index (χ4v) is 2.97. The molecule has 1 aromatic carbocycles. The van der Waals surface area contributed by atoms with Gasteiger partial charge in [0.1, 0.15) is 0 Å². The van der Waals surface area contributed by atoms with E-state index in [4.69, 9.17) is 10.5 Å². The first-order valence-corrected chi connectivity index (χ1v) is 8.51. The van der Waals surface area contributed by atoms with Gasteiger partial charge in [-0.25, -0.2) is 9.59 Å². The summed E-state index contributed by atoms with van der Waals surface area (Å²) >= 11 is 0. The van der Waals surface area contributed by atoms with Gasteiger partial charge in [0.25, 0.3) is 5.91 Å². The van der Waals surface area contributed by atoms with Gasteiger partial charge in [-0.05, 0) is 37.3 Å². The van der Waals surface area contributed by atoms with Gasteiger partial charge in [-0.1, -0.05) is 31.9 Å². The first-order valence-electron chi connectivity index (χ1n) is 8.51.